The average Bonchev–Trinajstić information content (AvgIpc) is 3.15. The van der Waals surface area contributed by atoms with Gasteiger partial charge in [0.25, 0.3) is 0 Å². The Kier molecular flexibility index (Phi) is 10.6. The van der Waals surface area contributed by atoms with E-state index in [0.717, 1.165) is 38.6 Å². The molecule has 2 aliphatic heterocycles. The van der Waals surface area contributed by atoms with Crippen molar-refractivity contribution in [3.05, 3.63) is 0 Å². The second-order valence-corrected chi connectivity index (χ2v) is 9.38. The van der Waals surface area contributed by atoms with Crippen LogP contribution < -0.4 is 10.6 Å². The summed E-state index contributed by atoms with van der Waals surface area (Å²) in [4.78, 5) is 53.7. The summed E-state index contributed by atoms with van der Waals surface area (Å²) in [5.41, 5.74) is 0. The van der Waals surface area contributed by atoms with Crippen molar-refractivity contribution in [2.45, 2.75) is 96.9 Å². The SMILES string of the molecule is CCNC(=O)C(C)N(C)C(=O)C1CCCN1C(=O)CC(C)OC(=O)C1CCCC(CC)CN1. The Bertz CT molecular complexity index is 700. The first-order valence-electron chi connectivity index (χ1n) is 12.5. The molecule has 0 spiro atoms. The third-order valence-corrected chi connectivity index (χ3v) is 6.92. The standard InChI is InChI=1S/C24H42N4O5/c1-6-18-10-8-11-19(26-15-18)24(32)33-16(3)14-21(29)28-13-9-12-20(28)23(31)27(5)17(4)22(30)25-7-2/h16-20,26H,6-15H2,1-5H3,(H,25,30). The van der Waals surface area contributed by atoms with E-state index in [9.17, 15) is 19.2 Å². The minimum atomic E-state index is -0.616. The van der Waals surface area contributed by atoms with Crippen molar-refractivity contribution in [2.24, 2.45) is 5.92 Å². The molecule has 2 rings (SSSR count). The molecule has 0 bridgehead atoms. The molecule has 33 heavy (non-hydrogen) atoms. The smallest absolute Gasteiger partial charge is 0.323 e. The van der Waals surface area contributed by atoms with Gasteiger partial charge >= 0.3 is 5.97 Å². The maximum atomic E-state index is 13.0. The van der Waals surface area contributed by atoms with Gasteiger partial charge in [0.05, 0.1) is 6.42 Å². The predicted molar refractivity (Wildman–Crippen MR) is 125 cm³/mol. The van der Waals surface area contributed by atoms with Crippen LogP contribution in [0.4, 0.5) is 0 Å². The number of carbonyl (C=O) groups is 4. The summed E-state index contributed by atoms with van der Waals surface area (Å²) in [5.74, 6) is -0.387. The summed E-state index contributed by atoms with van der Waals surface area (Å²) in [6, 6.07) is -1.53. The van der Waals surface area contributed by atoms with Crippen LogP contribution in [0, 0.1) is 5.92 Å². The fourth-order valence-electron chi connectivity index (χ4n) is 4.60. The fourth-order valence-corrected chi connectivity index (χ4v) is 4.60. The van der Waals surface area contributed by atoms with E-state index < -0.39 is 18.2 Å². The maximum Gasteiger partial charge on any atom is 0.323 e. The quantitative estimate of drug-likeness (QED) is 0.498. The third-order valence-electron chi connectivity index (χ3n) is 6.92. The van der Waals surface area contributed by atoms with Crippen molar-refractivity contribution in [3.8, 4) is 0 Å². The number of rotatable bonds is 9. The average molecular weight is 467 g/mol. The minimum Gasteiger partial charge on any atom is -0.461 e. The molecule has 188 valence electrons. The molecule has 0 saturated carbocycles. The lowest BCUT2D eigenvalue weighted by molar-refractivity contribution is -0.154. The zero-order valence-electron chi connectivity index (χ0n) is 20.9. The van der Waals surface area contributed by atoms with E-state index >= 15 is 0 Å². The number of hydrogen-bond donors (Lipinski definition) is 2. The van der Waals surface area contributed by atoms with E-state index in [0.29, 0.717) is 25.4 Å². The molecule has 5 unspecified atom stereocenters. The summed E-state index contributed by atoms with van der Waals surface area (Å²) >= 11 is 0. The Morgan fingerprint density at radius 2 is 1.85 bits per heavy atom. The van der Waals surface area contributed by atoms with Gasteiger partial charge in [-0.25, -0.2) is 0 Å². The van der Waals surface area contributed by atoms with Crippen LogP contribution in [0.3, 0.4) is 0 Å². The van der Waals surface area contributed by atoms with Gasteiger partial charge in [-0.05, 0) is 58.9 Å². The largest absolute Gasteiger partial charge is 0.461 e. The van der Waals surface area contributed by atoms with Crippen LogP contribution in [-0.4, -0.2) is 84.4 Å². The Labute approximate surface area is 198 Å². The van der Waals surface area contributed by atoms with Crippen LogP contribution in [0.15, 0.2) is 0 Å². The molecule has 2 N–H and O–H groups in total. The molecule has 0 aromatic heterocycles. The number of amides is 3. The number of likely N-dealkylation sites (N-methyl/N-ethyl adjacent to an activating group) is 2. The summed E-state index contributed by atoms with van der Waals surface area (Å²) in [7, 11) is 1.59. The number of likely N-dealkylation sites (tertiary alicyclic amines) is 1. The van der Waals surface area contributed by atoms with Gasteiger partial charge in [0.2, 0.25) is 17.7 Å². The van der Waals surface area contributed by atoms with Crippen LogP contribution in [0.2, 0.25) is 0 Å². The highest BCUT2D eigenvalue weighted by Crippen LogP contribution is 2.22. The number of nitrogens with one attached hydrogen (secondary N) is 2. The van der Waals surface area contributed by atoms with Gasteiger partial charge in [-0.3, -0.25) is 19.2 Å². The maximum absolute atomic E-state index is 13.0. The number of carbonyl (C=O) groups excluding carboxylic acids is 4. The summed E-state index contributed by atoms with van der Waals surface area (Å²) < 4.78 is 5.59. The van der Waals surface area contributed by atoms with Gasteiger partial charge in [0.15, 0.2) is 0 Å². The monoisotopic (exact) mass is 466 g/mol. The van der Waals surface area contributed by atoms with Crippen LogP contribution in [0.5, 0.6) is 0 Å². The van der Waals surface area contributed by atoms with Gasteiger partial charge in [-0.1, -0.05) is 19.8 Å². The molecule has 0 radical (unpaired) electrons. The Balaban J connectivity index is 1.89. The van der Waals surface area contributed by atoms with E-state index in [1.807, 2.05) is 6.92 Å². The topological polar surface area (TPSA) is 108 Å². The Morgan fingerprint density at radius 1 is 1.12 bits per heavy atom. The van der Waals surface area contributed by atoms with Gasteiger partial charge in [0.1, 0.15) is 24.2 Å². The molecule has 5 atom stereocenters. The third kappa shape index (κ3) is 7.42. The molecule has 2 fully saturated rings. The molecular formula is C24H42N4O5. The summed E-state index contributed by atoms with van der Waals surface area (Å²) in [6.45, 7) is 9.17. The van der Waals surface area contributed by atoms with Crippen LogP contribution in [0.1, 0.15) is 72.6 Å². The van der Waals surface area contributed by atoms with Crippen LogP contribution >= 0.6 is 0 Å². The molecule has 2 aliphatic rings. The molecule has 3 amide bonds. The second kappa shape index (κ2) is 12.9. The molecule has 0 aliphatic carbocycles. The molecule has 2 saturated heterocycles. The minimum absolute atomic E-state index is 0.0371. The first-order chi connectivity index (χ1) is 15.7. The number of ether oxygens (including phenoxy) is 1. The second-order valence-electron chi connectivity index (χ2n) is 9.38. The number of hydrogen-bond acceptors (Lipinski definition) is 6. The molecule has 2 heterocycles. The normalized spacial score (nSPS) is 25.0. The Hall–Kier alpha value is -2.16. The molecule has 0 aromatic carbocycles. The number of nitrogens with zero attached hydrogens (tertiary/aromatic N) is 2. The van der Waals surface area contributed by atoms with Crippen molar-refractivity contribution < 1.29 is 23.9 Å². The highest BCUT2D eigenvalue weighted by Gasteiger charge is 2.38. The van der Waals surface area contributed by atoms with Crippen molar-refractivity contribution in [1.82, 2.24) is 20.4 Å². The van der Waals surface area contributed by atoms with E-state index in [1.54, 1.807) is 25.8 Å². The van der Waals surface area contributed by atoms with E-state index in [2.05, 4.69) is 17.6 Å². The van der Waals surface area contributed by atoms with Gasteiger partial charge < -0.3 is 25.2 Å². The first-order valence-corrected chi connectivity index (χ1v) is 12.5. The highest BCUT2D eigenvalue weighted by atomic mass is 16.5. The Morgan fingerprint density at radius 3 is 2.52 bits per heavy atom. The van der Waals surface area contributed by atoms with Gasteiger partial charge in [0, 0.05) is 20.1 Å². The fraction of sp³-hybridized carbons (Fsp3) is 0.833. The van der Waals surface area contributed by atoms with Gasteiger partial charge in [-0.15, -0.1) is 0 Å². The zero-order valence-corrected chi connectivity index (χ0v) is 20.9. The molecule has 9 heteroatoms. The van der Waals surface area contributed by atoms with Crippen molar-refractivity contribution in [2.75, 3.05) is 26.7 Å². The predicted octanol–water partition coefficient (Wildman–Crippen LogP) is 1.45. The molecular weight excluding hydrogens is 424 g/mol. The van der Waals surface area contributed by atoms with E-state index in [4.69, 9.17) is 4.74 Å². The summed E-state index contributed by atoms with van der Waals surface area (Å²) in [5, 5.41) is 6.03. The number of esters is 1. The lowest BCUT2D eigenvalue weighted by Crippen LogP contribution is -2.53. The zero-order chi connectivity index (χ0) is 24.5. The van der Waals surface area contributed by atoms with Crippen molar-refractivity contribution in [3.63, 3.8) is 0 Å². The van der Waals surface area contributed by atoms with Crippen molar-refractivity contribution in [1.29, 1.82) is 0 Å². The summed E-state index contributed by atoms with van der Waals surface area (Å²) in [6.07, 6.45) is 4.69. The van der Waals surface area contributed by atoms with Crippen LogP contribution in [0.25, 0.3) is 0 Å². The van der Waals surface area contributed by atoms with Crippen LogP contribution in [-0.2, 0) is 23.9 Å². The van der Waals surface area contributed by atoms with E-state index in [-0.39, 0.29) is 36.2 Å². The first kappa shape index (κ1) is 27.1. The molecule has 0 aromatic rings. The molecule has 9 nitrogen and oxygen atoms in total. The van der Waals surface area contributed by atoms with E-state index in [1.165, 1.54) is 4.90 Å². The lowest BCUT2D eigenvalue weighted by Gasteiger charge is -2.31. The van der Waals surface area contributed by atoms with Crippen molar-refractivity contribution >= 4 is 23.7 Å². The lowest BCUT2D eigenvalue weighted by atomic mass is 10.0. The van der Waals surface area contributed by atoms with Gasteiger partial charge in [-0.2, -0.15) is 0 Å². The highest BCUT2D eigenvalue weighted by molar-refractivity contribution is 5.92.